The molecule has 7 heteroatoms. The molecule has 0 aliphatic heterocycles. The number of nitrogens with zero attached hydrogens (tertiary/aromatic N) is 1. The van der Waals surface area contributed by atoms with E-state index in [-0.39, 0.29) is 18.2 Å². The van der Waals surface area contributed by atoms with Gasteiger partial charge in [0.15, 0.2) is 0 Å². The second-order valence-corrected chi connectivity index (χ2v) is 10.6. The molecule has 2 aromatic carbocycles. The van der Waals surface area contributed by atoms with Gasteiger partial charge in [-0.1, -0.05) is 81.1 Å². The molecule has 0 aliphatic rings. The lowest BCUT2D eigenvalue weighted by atomic mass is 9.96. The van der Waals surface area contributed by atoms with Gasteiger partial charge in [-0.2, -0.15) is 0 Å². The molecule has 0 spiro atoms. The van der Waals surface area contributed by atoms with Gasteiger partial charge in [0.05, 0.1) is 0 Å². The summed E-state index contributed by atoms with van der Waals surface area (Å²) in [5.74, 6) is 1.99. The fourth-order valence-electron chi connectivity index (χ4n) is 4.20. The van der Waals surface area contributed by atoms with Crippen molar-refractivity contribution in [2.75, 3.05) is 13.1 Å². The predicted molar refractivity (Wildman–Crippen MR) is 155 cm³/mol. The van der Waals surface area contributed by atoms with E-state index in [0.717, 1.165) is 24.8 Å². The van der Waals surface area contributed by atoms with Crippen LogP contribution in [0.2, 0.25) is 0 Å². The Balaban J connectivity index is 2.56. The Kier molecular flexibility index (Phi) is 12.6. The van der Waals surface area contributed by atoms with Crippen molar-refractivity contribution in [2.24, 2.45) is 0 Å². The third-order valence-electron chi connectivity index (χ3n) is 6.11. The van der Waals surface area contributed by atoms with Crippen LogP contribution in [0.25, 0.3) is 0 Å². The second-order valence-electron chi connectivity index (χ2n) is 10.6. The van der Waals surface area contributed by atoms with E-state index in [2.05, 4.69) is 16.6 Å². The minimum atomic E-state index is -0.956. The van der Waals surface area contributed by atoms with Gasteiger partial charge in [-0.3, -0.25) is 9.59 Å². The lowest BCUT2D eigenvalue weighted by Gasteiger charge is -2.35. The predicted octanol–water partition coefficient (Wildman–Crippen LogP) is 5.39. The number of amides is 3. The maximum Gasteiger partial charge on any atom is 0.408 e. The fraction of sp³-hybridized carbons (Fsp3) is 0.469. The Bertz CT molecular complexity index is 1120. The lowest BCUT2D eigenvalue weighted by molar-refractivity contribution is -0.142. The third kappa shape index (κ3) is 10.1. The summed E-state index contributed by atoms with van der Waals surface area (Å²) < 4.78 is 5.48. The van der Waals surface area contributed by atoms with Crippen LogP contribution in [0, 0.1) is 12.3 Å². The number of nitrogens with one attached hydrogen (secondary N) is 2. The first-order valence-electron chi connectivity index (χ1n) is 13.8. The van der Waals surface area contributed by atoms with Gasteiger partial charge in [0.2, 0.25) is 11.8 Å². The van der Waals surface area contributed by atoms with Crippen molar-refractivity contribution >= 4 is 17.9 Å². The average Bonchev–Trinajstić information content (AvgIpc) is 2.90. The summed E-state index contributed by atoms with van der Waals surface area (Å²) in [5, 5.41) is 5.77. The molecule has 2 atom stereocenters. The molecule has 7 nitrogen and oxygen atoms in total. The fourth-order valence-corrected chi connectivity index (χ4v) is 4.20. The first kappa shape index (κ1) is 31.4. The van der Waals surface area contributed by atoms with Gasteiger partial charge < -0.3 is 20.3 Å². The van der Waals surface area contributed by atoms with Crippen LogP contribution in [0.15, 0.2) is 54.6 Å². The highest BCUT2D eigenvalue weighted by molar-refractivity contribution is 5.92. The summed E-state index contributed by atoms with van der Waals surface area (Å²) in [6, 6.07) is 14.7. The highest BCUT2D eigenvalue weighted by Gasteiger charge is 2.36. The maximum absolute atomic E-state index is 14.3. The zero-order valence-corrected chi connectivity index (χ0v) is 24.0. The monoisotopic (exact) mass is 533 g/mol. The number of hydrogen-bond donors (Lipinski definition) is 2. The van der Waals surface area contributed by atoms with Crippen LogP contribution in [0.4, 0.5) is 4.79 Å². The first-order chi connectivity index (χ1) is 18.6. The zero-order valence-electron chi connectivity index (χ0n) is 24.0. The first-order valence-corrected chi connectivity index (χ1v) is 13.8. The summed E-state index contributed by atoms with van der Waals surface area (Å²) in [4.78, 5) is 42.4. The van der Waals surface area contributed by atoms with Gasteiger partial charge in [-0.05, 0) is 50.8 Å². The summed E-state index contributed by atoms with van der Waals surface area (Å²) in [5.41, 5.74) is 1.26. The van der Waals surface area contributed by atoms with Crippen LogP contribution in [0.1, 0.15) is 83.0 Å². The summed E-state index contributed by atoms with van der Waals surface area (Å²) in [7, 11) is 0. The molecule has 3 amide bonds. The quantitative estimate of drug-likeness (QED) is 0.267. The second kappa shape index (κ2) is 15.6. The number of benzene rings is 2. The van der Waals surface area contributed by atoms with E-state index in [0.29, 0.717) is 30.6 Å². The molecule has 2 unspecified atom stereocenters. The van der Waals surface area contributed by atoms with E-state index in [4.69, 9.17) is 11.2 Å². The van der Waals surface area contributed by atoms with Gasteiger partial charge >= 0.3 is 6.09 Å². The topological polar surface area (TPSA) is 87.7 Å². The average molecular weight is 534 g/mol. The van der Waals surface area contributed by atoms with E-state index in [1.807, 2.05) is 56.3 Å². The molecule has 0 bridgehead atoms. The Morgan fingerprint density at radius 3 is 2.23 bits per heavy atom. The number of terminal acetylenes is 1. The van der Waals surface area contributed by atoms with E-state index >= 15 is 0 Å². The van der Waals surface area contributed by atoms with E-state index < -0.39 is 23.8 Å². The van der Waals surface area contributed by atoms with Crippen molar-refractivity contribution in [3.8, 4) is 12.3 Å². The SMILES string of the molecule is C#Cc1ccccc1C(C(=O)NCCCC)N(CCCC)C(=O)C(Cc1ccccc1)NC(=O)OC(C)(C)C. The minimum absolute atomic E-state index is 0.239. The number of carbonyl (C=O) groups is 3. The van der Waals surface area contributed by atoms with Crippen LogP contribution in [0.5, 0.6) is 0 Å². The Morgan fingerprint density at radius 1 is 0.974 bits per heavy atom. The number of alkyl carbamates (subject to hydrolysis) is 1. The summed E-state index contributed by atoms with van der Waals surface area (Å²) >= 11 is 0. The van der Waals surface area contributed by atoms with E-state index in [9.17, 15) is 14.4 Å². The molecule has 0 saturated heterocycles. The molecular formula is C32H43N3O4. The number of rotatable bonds is 13. The molecule has 2 aromatic rings. The molecule has 39 heavy (non-hydrogen) atoms. The van der Waals surface area contributed by atoms with Crippen molar-refractivity contribution in [3.63, 3.8) is 0 Å². The van der Waals surface area contributed by atoms with Crippen LogP contribution in [0.3, 0.4) is 0 Å². The molecule has 0 heterocycles. The van der Waals surface area contributed by atoms with Crippen molar-refractivity contribution in [2.45, 2.75) is 84.4 Å². The molecule has 210 valence electrons. The standard InChI is InChI=1S/C32H43N3O4/c1-7-10-21-33-29(36)28(26-20-16-15-19-25(26)9-3)35(22-11-8-2)30(37)27(23-24-17-13-12-14-18-24)34-31(38)39-32(4,5)6/h3,12-20,27-28H,7-8,10-11,21-23H2,1-2,4-6H3,(H,33,36)(H,34,38). The highest BCUT2D eigenvalue weighted by atomic mass is 16.6. The van der Waals surface area contributed by atoms with Crippen molar-refractivity contribution < 1.29 is 19.1 Å². The minimum Gasteiger partial charge on any atom is -0.444 e. The van der Waals surface area contributed by atoms with Crippen molar-refractivity contribution in [3.05, 3.63) is 71.3 Å². The molecule has 0 saturated carbocycles. The van der Waals surface area contributed by atoms with Crippen LogP contribution in [-0.2, 0) is 20.7 Å². The molecule has 2 N–H and O–H groups in total. The van der Waals surface area contributed by atoms with Crippen LogP contribution >= 0.6 is 0 Å². The Labute approximate surface area is 233 Å². The van der Waals surface area contributed by atoms with Gasteiger partial charge in [0.1, 0.15) is 17.7 Å². The number of carbonyl (C=O) groups excluding carboxylic acids is 3. The van der Waals surface area contributed by atoms with E-state index in [1.54, 1.807) is 37.8 Å². The summed E-state index contributed by atoms with van der Waals surface area (Å²) in [6.45, 7) is 10.2. The van der Waals surface area contributed by atoms with Crippen molar-refractivity contribution in [1.82, 2.24) is 15.5 Å². The molecule has 0 radical (unpaired) electrons. The zero-order chi connectivity index (χ0) is 28.8. The smallest absolute Gasteiger partial charge is 0.408 e. The molecule has 0 aromatic heterocycles. The highest BCUT2D eigenvalue weighted by Crippen LogP contribution is 2.27. The van der Waals surface area contributed by atoms with Gasteiger partial charge in [0.25, 0.3) is 0 Å². The number of hydrogen-bond acceptors (Lipinski definition) is 4. The largest absolute Gasteiger partial charge is 0.444 e. The van der Waals surface area contributed by atoms with Gasteiger partial charge in [-0.25, -0.2) is 4.79 Å². The normalized spacial score (nSPS) is 12.5. The number of unbranched alkanes of at least 4 members (excludes halogenated alkanes) is 2. The van der Waals surface area contributed by atoms with E-state index in [1.165, 1.54) is 0 Å². The maximum atomic E-state index is 14.3. The van der Waals surface area contributed by atoms with Crippen molar-refractivity contribution in [1.29, 1.82) is 0 Å². The third-order valence-corrected chi connectivity index (χ3v) is 6.11. The number of ether oxygens (including phenoxy) is 1. The lowest BCUT2D eigenvalue weighted by Crippen LogP contribution is -2.54. The Hall–Kier alpha value is -3.79. The van der Waals surface area contributed by atoms with Crippen LogP contribution in [-0.4, -0.2) is 47.5 Å². The van der Waals surface area contributed by atoms with Gasteiger partial charge in [0, 0.05) is 25.1 Å². The molecule has 0 aliphatic carbocycles. The molecular weight excluding hydrogens is 490 g/mol. The van der Waals surface area contributed by atoms with Crippen LogP contribution < -0.4 is 10.6 Å². The van der Waals surface area contributed by atoms with Gasteiger partial charge in [-0.15, -0.1) is 6.42 Å². The summed E-state index contributed by atoms with van der Waals surface area (Å²) in [6.07, 6.45) is 8.58. The Morgan fingerprint density at radius 2 is 1.62 bits per heavy atom. The molecule has 0 fully saturated rings. The molecule has 2 rings (SSSR count).